The monoisotopic (exact) mass is 256 g/mol. The molecule has 3 heteroatoms. The van der Waals surface area contributed by atoms with E-state index < -0.39 is 0 Å². The van der Waals surface area contributed by atoms with Crippen LogP contribution in [-0.2, 0) is 0 Å². The largest absolute Gasteiger partial charge is 0.310 e. The fourth-order valence-corrected chi connectivity index (χ4v) is 3.82. The molecule has 0 radical (unpaired) electrons. The number of hydrogen-bond donors (Lipinski definition) is 1. The fraction of sp³-hybridized carbons (Fsp3) is 1.00. The fourth-order valence-electron chi connectivity index (χ4n) is 3.41. The molecule has 1 saturated heterocycles. The number of rotatable bonds is 4. The molecule has 0 atom stereocenters. The van der Waals surface area contributed by atoms with Gasteiger partial charge in [-0.2, -0.15) is 11.8 Å². The standard InChI is InChI=1S/C14H28N2S/c1-17-12-6-11-16-10-5-9-15-14(13-16)7-3-2-4-8-14/h15H,2-13H2,1H3. The second-order valence-electron chi connectivity index (χ2n) is 5.74. The minimum absolute atomic E-state index is 0.480. The lowest BCUT2D eigenvalue weighted by molar-refractivity contribution is 0.164. The summed E-state index contributed by atoms with van der Waals surface area (Å²) in [4.78, 5) is 2.72. The summed E-state index contributed by atoms with van der Waals surface area (Å²) < 4.78 is 0. The van der Waals surface area contributed by atoms with Crippen molar-refractivity contribution >= 4 is 11.8 Å². The van der Waals surface area contributed by atoms with Crippen molar-refractivity contribution in [2.24, 2.45) is 0 Å². The number of thioether (sulfide) groups is 1. The molecule has 0 aromatic heterocycles. The summed E-state index contributed by atoms with van der Waals surface area (Å²) in [7, 11) is 0. The van der Waals surface area contributed by atoms with Crippen LogP contribution in [0.3, 0.4) is 0 Å². The van der Waals surface area contributed by atoms with Gasteiger partial charge < -0.3 is 10.2 Å². The normalized spacial score (nSPS) is 25.9. The van der Waals surface area contributed by atoms with Crippen LogP contribution in [0.4, 0.5) is 0 Å². The average molecular weight is 256 g/mol. The van der Waals surface area contributed by atoms with Gasteiger partial charge in [-0.1, -0.05) is 19.3 Å². The molecule has 0 aromatic rings. The van der Waals surface area contributed by atoms with E-state index in [0.717, 1.165) is 0 Å². The van der Waals surface area contributed by atoms with Gasteiger partial charge in [0.15, 0.2) is 0 Å². The Morgan fingerprint density at radius 3 is 2.76 bits per heavy atom. The third kappa shape index (κ3) is 4.15. The highest BCUT2D eigenvalue weighted by molar-refractivity contribution is 7.98. The summed E-state index contributed by atoms with van der Waals surface area (Å²) in [6.45, 7) is 5.16. The van der Waals surface area contributed by atoms with Crippen LogP contribution in [0.15, 0.2) is 0 Å². The van der Waals surface area contributed by atoms with E-state index in [1.54, 1.807) is 0 Å². The molecule has 1 aliphatic heterocycles. The van der Waals surface area contributed by atoms with Crippen LogP contribution in [0.25, 0.3) is 0 Å². The van der Waals surface area contributed by atoms with E-state index >= 15 is 0 Å². The molecule has 0 aromatic carbocycles. The molecular formula is C14H28N2S. The minimum Gasteiger partial charge on any atom is -0.310 e. The van der Waals surface area contributed by atoms with Gasteiger partial charge in [-0.3, -0.25) is 0 Å². The first-order valence-electron chi connectivity index (χ1n) is 7.31. The summed E-state index contributed by atoms with van der Waals surface area (Å²) in [5, 5.41) is 3.87. The van der Waals surface area contributed by atoms with E-state index in [1.165, 1.54) is 76.9 Å². The Morgan fingerprint density at radius 1 is 1.18 bits per heavy atom. The third-order valence-corrected chi connectivity index (χ3v) is 5.01. The molecule has 1 saturated carbocycles. The third-order valence-electron chi connectivity index (χ3n) is 4.31. The molecule has 1 aliphatic carbocycles. The molecule has 17 heavy (non-hydrogen) atoms. The average Bonchev–Trinajstić information content (AvgIpc) is 2.54. The molecule has 2 rings (SSSR count). The lowest BCUT2D eigenvalue weighted by atomic mass is 9.81. The van der Waals surface area contributed by atoms with Gasteiger partial charge in [-0.15, -0.1) is 0 Å². The second kappa shape index (κ2) is 7.01. The molecule has 2 nitrogen and oxygen atoms in total. The Hall–Kier alpha value is 0.270. The van der Waals surface area contributed by atoms with Gasteiger partial charge in [0.1, 0.15) is 0 Å². The molecule has 0 unspecified atom stereocenters. The van der Waals surface area contributed by atoms with E-state index in [4.69, 9.17) is 0 Å². The molecule has 100 valence electrons. The number of nitrogens with one attached hydrogen (secondary N) is 1. The molecule has 1 N–H and O–H groups in total. The highest BCUT2D eigenvalue weighted by atomic mass is 32.2. The van der Waals surface area contributed by atoms with Crippen molar-refractivity contribution in [3.8, 4) is 0 Å². The van der Waals surface area contributed by atoms with Crippen molar-refractivity contribution < 1.29 is 0 Å². The Balaban J connectivity index is 1.85. The zero-order chi connectivity index (χ0) is 12.0. The molecule has 2 fully saturated rings. The molecule has 2 aliphatic rings. The van der Waals surface area contributed by atoms with E-state index in [9.17, 15) is 0 Å². The van der Waals surface area contributed by atoms with Crippen LogP contribution >= 0.6 is 11.8 Å². The zero-order valence-electron chi connectivity index (χ0n) is 11.3. The van der Waals surface area contributed by atoms with Crippen molar-refractivity contribution in [3.63, 3.8) is 0 Å². The van der Waals surface area contributed by atoms with Crippen LogP contribution in [0.5, 0.6) is 0 Å². The maximum Gasteiger partial charge on any atom is 0.0308 e. The Labute approximate surface area is 111 Å². The van der Waals surface area contributed by atoms with Crippen molar-refractivity contribution in [1.29, 1.82) is 0 Å². The Kier molecular flexibility index (Phi) is 5.64. The summed E-state index contributed by atoms with van der Waals surface area (Å²) in [6, 6.07) is 0. The highest BCUT2D eigenvalue weighted by Crippen LogP contribution is 2.30. The maximum atomic E-state index is 3.87. The maximum absolute atomic E-state index is 3.87. The van der Waals surface area contributed by atoms with E-state index in [1.807, 2.05) is 11.8 Å². The van der Waals surface area contributed by atoms with Gasteiger partial charge in [0.25, 0.3) is 0 Å². The number of hydrogen-bond acceptors (Lipinski definition) is 3. The van der Waals surface area contributed by atoms with Gasteiger partial charge in [0.2, 0.25) is 0 Å². The van der Waals surface area contributed by atoms with Gasteiger partial charge in [-0.05, 0) is 57.3 Å². The summed E-state index contributed by atoms with van der Waals surface area (Å²) in [5.74, 6) is 1.32. The van der Waals surface area contributed by atoms with E-state index in [0.29, 0.717) is 5.54 Å². The predicted octanol–water partition coefficient (Wildman–Crippen LogP) is 2.74. The lowest BCUT2D eigenvalue weighted by Crippen LogP contribution is -2.52. The molecule has 0 bridgehead atoms. The van der Waals surface area contributed by atoms with Crippen LogP contribution in [0.1, 0.15) is 44.9 Å². The Morgan fingerprint density at radius 2 is 2.00 bits per heavy atom. The first-order valence-corrected chi connectivity index (χ1v) is 8.70. The van der Waals surface area contributed by atoms with Crippen molar-refractivity contribution in [1.82, 2.24) is 10.2 Å². The van der Waals surface area contributed by atoms with Crippen LogP contribution in [0.2, 0.25) is 0 Å². The minimum atomic E-state index is 0.480. The predicted molar refractivity (Wildman–Crippen MR) is 77.9 cm³/mol. The topological polar surface area (TPSA) is 15.3 Å². The van der Waals surface area contributed by atoms with Gasteiger partial charge in [0.05, 0.1) is 0 Å². The van der Waals surface area contributed by atoms with E-state index in [-0.39, 0.29) is 0 Å². The van der Waals surface area contributed by atoms with Crippen LogP contribution in [0, 0.1) is 0 Å². The Bertz CT molecular complexity index is 214. The summed E-state index contributed by atoms with van der Waals surface area (Å²) in [5.41, 5.74) is 0.480. The zero-order valence-corrected chi connectivity index (χ0v) is 12.2. The van der Waals surface area contributed by atoms with Crippen molar-refractivity contribution in [3.05, 3.63) is 0 Å². The lowest BCUT2D eigenvalue weighted by Gasteiger charge is -2.40. The first-order chi connectivity index (χ1) is 8.35. The van der Waals surface area contributed by atoms with Crippen LogP contribution in [-0.4, -0.2) is 48.6 Å². The SMILES string of the molecule is CSCCCN1CCCNC2(CCCCC2)C1. The van der Waals surface area contributed by atoms with Gasteiger partial charge >= 0.3 is 0 Å². The molecule has 1 spiro atoms. The van der Waals surface area contributed by atoms with Crippen molar-refractivity contribution in [2.45, 2.75) is 50.5 Å². The second-order valence-corrected chi connectivity index (χ2v) is 6.73. The van der Waals surface area contributed by atoms with Gasteiger partial charge in [0, 0.05) is 12.1 Å². The molecule has 1 heterocycles. The van der Waals surface area contributed by atoms with Crippen LogP contribution < -0.4 is 5.32 Å². The quantitative estimate of drug-likeness (QED) is 0.779. The molecular weight excluding hydrogens is 228 g/mol. The first kappa shape index (κ1) is 13.7. The summed E-state index contributed by atoms with van der Waals surface area (Å²) >= 11 is 1.98. The number of nitrogens with zero attached hydrogens (tertiary/aromatic N) is 1. The smallest absolute Gasteiger partial charge is 0.0308 e. The van der Waals surface area contributed by atoms with Crippen molar-refractivity contribution in [2.75, 3.05) is 38.2 Å². The van der Waals surface area contributed by atoms with E-state index in [2.05, 4.69) is 16.5 Å². The summed E-state index contributed by atoms with van der Waals surface area (Å²) in [6.07, 6.45) is 12.1. The highest BCUT2D eigenvalue weighted by Gasteiger charge is 2.34. The van der Waals surface area contributed by atoms with Gasteiger partial charge in [-0.25, -0.2) is 0 Å². The molecule has 0 amide bonds.